The number of carbonyl (C=O) groups excluding carboxylic acids is 1. The molecule has 2 N–H and O–H groups in total. The Balaban J connectivity index is 1.74. The molecule has 1 aliphatic rings. The zero-order chi connectivity index (χ0) is 12.8. The summed E-state index contributed by atoms with van der Waals surface area (Å²) in [4.78, 5) is 13.9. The van der Waals surface area contributed by atoms with Crippen molar-refractivity contribution in [2.24, 2.45) is 0 Å². The Kier molecular flexibility index (Phi) is 4.55. The van der Waals surface area contributed by atoms with Crippen molar-refractivity contribution in [1.82, 2.24) is 4.90 Å². The summed E-state index contributed by atoms with van der Waals surface area (Å²) in [5, 5.41) is 0. The molecule has 5 heteroatoms. The van der Waals surface area contributed by atoms with Crippen LogP contribution in [0.3, 0.4) is 0 Å². The molecule has 1 saturated heterocycles. The van der Waals surface area contributed by atoms with Gasteiger partial charge in [-0.2, -0.15) is 0 Å². The van der Waals surface area contributed by atoms with Crippen molar-refractivity contribution in [2.45, 2.75) is 0 Å². The van der Waals surface area contributed by atoms with E-state index in [0.29, 0.717) is 17.9 Å². The highest BCUT2D eigenvalue weighted by Gasteiger charge is 2.11. The summed E-state index contributed by atoms with van der Waals surface area (Å²) < 4.78 is 10.5. The van der Waals surface area contributed by atoms with E-state index in [1.54, 1.807) is 24.3 Å². The van der Waals surface area contributed by atoms with E-state index in [2.05, 4.69) is 4.90 Å². The zero-order valence-corrected chi connectivity index (χ0v) is 10.3. The van der Waals surface area contributed by atoms with Crippen molar-refractivity contribution in [3.63, 3.8) is 0 Å². The molecular formula is C13H18N2O3. The Morgan fingerprint density at radius 2 is 2.17 bits per heavy atom. The lowest BCUT2D eigenvalue weighted by Gasteiger charge is -2.26. The van der Waals surface area contributed by atoms with E-state index in [0.717, 1.165) is 32.8 Å². The number of ether oxygens (including phenoxy) is 2. The normalized spacial score (nSPS) is 16.4. The smallest absolute Gasteiger partial charge is 0.338 e. The van der Waals surface area contributed by atoms with Crippen LogP contribution in [-0.4, -0.2) is 50.3 Å². The van der Waals surface area contributed by atoms with Crippen LogP contribution in [0.4, 0.5) is 5.69 Å². The fraction of sp³-hybridized carbons (Fsp3) is 0.462. The van der Waals surface area contributed by atoms with Gasteiger partial charge in [-0.25, -0.2) is 4.79 Å². The molecule has 5 nitrogen and oxygen atoms in total. The van der Waals surface area contributed by atoms with Crippen LogP contribution in [0.15, 0.2) is 24.3 Å². The third-order valence-corrected chi connectivity index (χ3v) is 2.87. The molecule has 98 valence electrons. The lowest BCUT2D eigenvalue weighted by Crippen LogP contribution is -2.38. The summed E-state index contributed by atoms with van der Waals surface area (Å²) in [5.41, 5.74) is 6.68. The number of hydrogen-bond donors (Lipinski definition) is 1. The second-order valence-corrected chi connectivity index (χ2v) is 4.22. The highest BCUT2D eigenvalue weighted by atomic mass is 16.5. The van der Waals surface area contributed by atoms with Gasteiger partial charge in [0.2, 0.25) is 0 Å². The standard InChI is InChI=1S/C13H18N2O3/c14-12-3-1-2-11(10-12)13(16)18-9-6-15-4-7-17-8-5-15/h1-3,10H,4-9,14H2. The zero-order valence-electron chi connectivity index (χ0n) is 10.3. The van der Waals surface area contributed by atoms with Gasteiger partial charge in [0, 0.05) is 25.3 Å². The van der Waals surface area contributed by atoms with E-state index in [-0.39, 0.29) is 5.97 Å². The van der Waals surface area contributed by atoms with Crippen molar-refractivity contribution in [1.29, 1.82) is 0 Å². The van der Waals surface area contributed by atoms with Gasteiger partial charge in [0.1, 0.15) is 6.61 Å². The summed E-state index contributed by atoms with van der Waals surface area (Å²) in [6.07, 6.45) is 0. The summed E-state index contributed by atoms with van der Waals surface area (Å²) in [6.45, 7) is 4.45. The third-order valence-electron chi connectivity index (χ3n) is 2.87. The quantitative estimate of drug-likeness (QED) is 0.631. The Labute approximate surface area is 106 Å². The molecule has 0 spiro atoms. The van der Waals surface area contributed by atoms with Gasteiger partial charge in [-0.05, 0) is 18.2 Å². The predicted molar refractivity (Wildman–Crippen MR) is 68.4 cm³/mol. The van der Waals surface area contributed by atoms with E-state index in [1.807, 2.05) is 0 Å². The van der Waals surface area contributed by atoms with Crippen molar-refractivity contribution in [2.75, 3.05) is 45.2 Å². The molecule has 1 heterocycles. The Bertz CT molecular complexity index is 403. The van der Waals surface area contributed by atoms with Crippen LogP contribution < -0.4 is 5.73 Å². The molecule has 0 unspecified atom stereocenters. The maximum Gasteiger partial charge on any atom is 0.338 e. The van der Waals surface area contributed by atoms with Gasteiger partial charge in [0.15, 0.2) is 0 Å². The largest absolute Gasteiger partial charge is 0.461 e. The molecule has 0 aromatic heterocycles. The molecule has 0 bridgehead atoms. The number of anilines is 1. The first-order valence-electron chi connectivity index (χ1n) is 6.08. The second-order valence-electron chi connectivity index (χ2n) is 4.22. The summed E-state index contributed by atoms with van der Waals surface area (Å²) in [6, 6.07) is 6.81. The van der Waals surface area contributed by atoms with Crippen LogP contribution in [-0.2, 0) is 9.47 Å². The molecule has 2 rings (SSSR count). The van der Waals surface area contributed by atoms with Gasteiger partial charge in [0.25, 0.3) is 0 Å². The SMILES string of the molecule is Nc1cccc(C(=O)OCCN2CCOCC2)c1. The number of esters is 1. The Morgan fingerprint density at radius 3 is 2.89 bits per heavy atom. The molecule has 0 saturated carbocycles. The van der Waals surface area contributed by atoms with Crippen molar-refractivity contribution >= 4 is 11.7 Å². The Morgan fingerprint density at radius 1 is 1.39 bits per heavy atom. The lowest BCUT2D eigenvalue weighted by atomic mass is 10.2. The number of nitrogens with two attached hydrogens (primary N) is 1. The minimum Gasteiger partial charge on any atom is -0.461 e. The van der Waals surface area contributed by atoms with Crippen molar-refractivity contribution < 1.29 is 14.3 Å². The molecule has 1 aromatic rings. The summed E-state index contributed by atoms with van der Waals surface area (Å²) >= 11 is 0. The van der Waals surface area contributed by atoms with E-state index in [1.165, 1.54) is 0 Å². The fourth-order valence-corrected chi connectivity index (χ4v) is 1.84. The van der Waals surface area contributed by atoms with Crippen LogP contribution in [0.5, 0.6) is 0 Å². The number of nitrogens with zero attached hydrogens (tertiary/aromatic N) is 1. The first kappa shape index (κ1) is 12.9. The first-order valence-corrected chi connectivity index (χ1v) is 6.08. The number of carbonyl (C=O) groups is 1. The van der Waals surface area contributed by atoms with Crippen LogP contribution in [0.1, 0.15) is 10.4 Å². The number of morpholine rings is 1. The fourth-order valence-electron chi connectivity index (χ4n) is 1.84. The van der Waals surface area contributed by atoms with E-state index >= 15 is 0 Å². The number of hydrogen-bond acceptors (Lipinski definition) is 5. The number of rotatable bonds is 4. The summed E-state index contributed by atoms with van der Waals surface area (Å²) in [7, 11) is 0. The van der Waals surface area contributed by atoms with Gasteiger partial charge in [-0.1, -0.05) is 6.07 Å². The maximum atomic E-state index is 11.7. The van der Waals surface area contributed by atoms with Crippen LogP contribution in [0, 0.1) is 0 Å². The molecule has 0 aliphatic carbocycles. The predicted octanol–water partition coefficient (Wildman–Crippen LogP) is 0.758. The van der Waals surface area contributed by atoms with Gasteiger partial charge in [-0.15, -0.1) is 0 Å². The third kappa shape index (κ3) is 3.72. The number of benzene rings is 1. The van der Waals surface area contributed by atoms with E-state index in [4.69, 9.17) is 15.2 Å². The second kappa shape index (κ2) is 6.37. The van der Waals surface area contributed by atoms with Gasteiger partial charge in [-0.3, -0.25) is 4.90 Å². The first-order chi connectivity index (χ1) is 8.75. The van der Waals surface area contributed by atoms with E-state index < -0.39 is 0 Å². The lowest BCUT2D eigenvalue weighted by molar-refractivity contribution is 0.0195. The van der Waals surface area contributed by atoms with Crippen LogP contribution >= 0.6 is 0 Å². The minimum absolute atomic E-state index is 0.324. The molecule has 0 radical (unpaired) electrons. The topological polar surface area (TPSA) is 64.8 Å². The minimum atomic E-state index is -0.324. The average Bonchev–Trinajstić information content (AvgIpc) is 2.40. The molecule has 1 aliphatic heterocycles. The molecule has 0 amide bonds. The Hall–Kier alpha value is -1.59. The molecule has 1 aromatic carbocycles. The van der Waals surface area contributed by atoms with E-state index in [9.17, 15) is 4.79 Å². The highest BCUT2D eigenvalue weighted by Crippen LogP contribution is 2.08. The highest BCUT2D eigenvalue weighted by molar-refractivity contribution is 5.90. The van der Waals surface area contributed by atoms with Crippen molar-refractivity contribution in [3.05, 3.63) is 29.8 Å². The average molecular weight is 250 g/mol. The van der Waals surface area contributed by atoms with Gasteiger partial charge >= 0.3 is 5.97 Å². The van der Waals surface area contributed by atoms with Crippen LogP contribution in [0.25, 0.3) is 0 Å². The molecule has 0 atom stereocenters. The monoisotopic (exact) mass is 250 g/mol. The maximum absolute atomic E-state index is 11.7. The van der Waals surface area contributed by atoms with Gasteiger partial charge in [0.05, 0.1) is 18.8 Å². The summed E-state index contributed by atoms with van der Waals surface area (Å²) in [5.74, 6) is -0.324. The molecule has 1 fully saturated rings. The molecule has 18 heavy (non-hydrogen) atoms. The van der Waals surface area contributed by atoms with Crippen LogP contribution in [0.2, 0.25) is 0 Å². The van der Waals surface area contributed by atoms with Crippen molar-refractivity contribution in [3.8, 4) is 0 Å². The molecular weight excluding hydrogens is 232 g/mol. The van der Waals surface area contributed by atoms with Gasteiger partial charge < -0.3 is 15.2 Å². The number of nitrogen functional groups attached to an aromatic ring is 1.